The summed E-state index contributed by atoms with van der Waals surface area (Å²) in [7, 11) is 0. The van der Waals surface area contributed by atoms with Crippen molar-refractivity contribution in [2.45, 2.75) is 38.8 Å². The molecule has 23 heavy (non-hydrogen) atoms. The van der Waals surface area contributed by atoms with Crippen molar-refractivity contribution in [2.24, 2.45) is 5.92 Å². The number of aliphatic hydroxyl groups is 1. The van der Waals surface area contributed by atoms with Crippen molar-refractivity contribution in [2.75, 3.05) is 6.61 Å². The molecule has 2 unspecified atom stereocenters. The van der Waals surface area contributed by atoms with Crippen molar-refractivity contribution in [3.05, 3.63) is 41.5 Å². The zero-order chi connectivity index (χ0) is 16.8. The van der Waals surface area contributed by atoms with Crippen molar-refractivity contribution < 1.29 is 14.7 Å². The number of carbonyl (C=O) groups is 2. The Hall–Kier alpha value is -2.14. The highest BCUT2D eigenvalue weighted by Gasteiger charge is 2.23. The van der Waals surface area contributed by atoms with E-state index in [9.17, 15) is 9.59 Å². The molecular formula is C18H24N2O3. The van der Waals surface area contributed by atoms with Crippen LogP contribution in [0.3, 0.4) is 0 Å². The van der Waals surface area contributed by atoms with Gasteiger partial charge in [-0.05, 0) is 49.5 Å². The van der Waals surface area contributed by atoms with Gasteiger partial charge >= 0.3 is 0 Å². The number of carbonyl (C=O) groups excluding carboxylic acids is 2. The second kappa shape index (κ2) is 7.92. The van der Waals surface area contributed by atoms with Crippen LogP contribution in [0, 0.1) is 5.92 Å². The fourth-order valence-electron chi connectivity index (χ4n) is 1.99. The third-order valence-electron chi connectivity index (χ3n) is 4.02. The van der Waals surface area contributed by atoms with Gasteiger partial charge in [-0.2, -0.15) is 0 Å². The van der Waals surface area contributed by atoms with E-state index < -0.39 is 0 Å². The molecule has 5 nitrogen and oxygen atoms in total. The number of hydrogen-bond donors (Lipinski definition) is 3. The number of rotatable bonds is 7. The summed E-state index contributed by atoms with van der Waals surface area (Å²) < 4.78 is 0. The molecule has 2 rings (SSSR count). The molecule has 0 bridgehead atoms. The molecular weight excluding hydrogens is 292 g/mol. The average molecular weight is 316 g/mol. The molecule has 1 fully saturated rings. The smallest absolute Gasteiger partial charge is 0.251 e. The summed E-state index contributed by atoms with van der Waals surface area (Å²) in [5.74, 6) is -0.238. The van der Waals surface area contributed by atoms with Crippen LogP contribution in [-0.2, 0) is 4.79 Å². The topological polar surface area (TPSA) is 78.4 Å². The Labute approximate surface area is 136 Å². The van der Waals surface area contributed by atoms with E-state index in [2.05, 4.69) is 10.6 Å². The molecule has 1 aromatic rings. The maximum atomic E-state index is 11.9. The summed E-state index contributed by atoms with van der Waals surface area (Å²) in [6, 6.07) is 7.38. The lowest BCUT2D eigenvalue weighted by atomic mass is 10.1. The van der Waals surface area contributed by atoms with Crippen LogP contribution < -0.4 is 10.6 Å². The van der Waals surface area contributed by atoms with Gasteiger partial charge in [-0.15, -0.1) is 0 Å². The minimum Gasteiger partial charge on any atom is -0.396 e. The molecule has 1 aliphatic rings. The molecule has 1 saturated carbocycles. The largest absolute Gasteiger partial charge is 0.396 e. The number of benzene rings is 1. The van der Waals surface area contributed by atoms with E-state index in [0.29, 0.717) is 11.6 Å². The third kappa shape index (κ3) is 5.53. The predicted molar refractivity (Wildman–Crippen MR) is 89.8 cm³/mol. The van der Waals surface area contributed by atoms with Gasteiger partial charge in [0.15, 0.2) is 0 Å². The monoisotopic (exact) mass is 316 g/mol. The highest BCUT2D eigenvalue weighted by atomic mass is 16.3. The first-order valence-corrected chi connectivity index (χ1v) is 8.00. The van der Waals surface area contributed by atoms with Crippen LogP contribution in [0.25, 0.3) is 6.08 Å². The number of hydrogen-bond acceptors (Lipinski definition) is 3. The van der Waals surface area contributed by atoms with E-state index in [0.717, 1.165) is 18.4 Å². The van der Waals surface area contributed by atoms with Gasteiger partial charge in [0.25, 0.3) is 5.91 Å². The fraction of sp³-hybridized carbons (Fsp3) is 0.444. The molecule has 0 aromatic heterocycles. The van der Waals surface area contributed by atoms with Crippen LogP contribution in [-0.4, -0.2) is 35.6 Å². The normalized spacial score (nSPS) is 16.8. The molecule has 2 amide bonds. The summed E-state index contributed by atoms with van der Waals surface area (Å²) in [5, 5.41) is 14.8. The molecule has 5 heteroatoms. The first-order chi connectivity index (χ1) is 11.0. The molecule has 1 aliphatic carbocycles. The highest BCUT2D eigenvalue weighted by molar-refractivity contribution is 5.95. The highest BCUT2D eigenvalue weighted by Crippen LogP contribution is 2.19. The van der Waals surface area contributed by atoms with Gasteiger partial charge in [-0.1, -0.05) is 19.1 Å². The lowest BCUT2D eigenvalue weighted by molar-refractivity contribution is -0.117. The number of aliphatic hydroxyl groups excluding tert-OH is 1. The van der Waals surface area contributed by atoms with Crippen LogP contribution >= 0.6 is 0 Å². The predicted octanol–water partition coefficient (Wildman–Crippen LogP) is 1.73. The lowest BCUT2D eigenvalue weighted by Gasteiger charge is -2.18. The van der Waals surface area contributed by atoms with Gasteiger partial charge in [-0.25, -0.2) is 0 Å². The molecule has 124 valence electrons. The fourth-order valence-corrected chi connectivity index (χ4v) is 1.99. The van der Waals surface area contributed by atoms with Crippen molar-refractivity contribution >= 4 is 17.9 Å². The van der Waals surface area contributed by atoms with Crippen LogP contribution in [0.15, 0.2) is 30.3 Å². The summed E-state index contributed by atoms with van der Waals surface area (Å²) in [6.07, 6.45) is 5.29. The zero-order valence-corrected chi connectivity index (χ0v) is 13.6. The Balaban J connectivity index is 1.86. The molecule has 0 radical (unpaired) electrons. The Kier molecular flexibility index (Phi) is 5.93. The second-order valence-corrected chi connectivity index (χ2v) is 6.16. The van der Waals surface area contributed by atoms with Crippen molar-refractivity contribution in [3.63, 3.8) is 0 Å². The summed E-state index contributed by atoms with van der Waals surface area (Å²) in [4.78, 5) is 23.7. The average Bonchev–Trinajstić information content (AvgIpc) is 3.36. The van der Waals surface area contributed by atoms with Gasteiger partial charge < -0.3 is 15.7 Å². The lowest BCUT2D eigenvalue weighted by Crippen LogP contribution is -2.37. The Morgan fingerprint density at radius 3 is 2.48 bits per heavy atom. The third-order valence-corrected chi connectivity index (χ3v) is 4.02. The van der Waals surface area contributed by atoms with Crippen LogP contribution in [0.2, 0.25) is 0 Å². The van der Waals surface area contributed by atoms with Crippen LogP contribution in [0.5, 0.6) is 0 Å². The SMILES string of the molecule is CC(CO)C(C)NC(=O)/C=C/c1ccc(C(=O)NC2CC2)cc1. The standard InChI is InChI=1S/C18H24N2O3/c1-12(11-21)13(2)19-17(22)10-5-14-3-6-15(7-4-14)18(23)20-16-8-9-16/h3-7,10,12-13,16,21H,8-9,11H2,1-2H3,(H,19,22)(H,20,23)/b10-5+. The minimum atomic E-state index is -0.201. The van der Waals surface area contributed by atoms with Crippen LogP contribution in [0.4, 0.5) is 0 Å². The maximum absolute atomic E-state index is 11.9. The molecule has 3 N–H and O–H groups in total. The van der Waals surface area contributed by atoms with E-state index in [4.69, 9.17) is 5.11 Å². The van der Waals surface area contributed by atoms with E-state index in [1.807, 2.05) is 26.0 Å². The Morgan fingerprint density at radius 2 is 1.91 bits per heavy atom. The van der Waals surface area contributed by atoms with Gasteiger partial charge in [-0.3, -0.25) is 9.59 Å². The van der Waals surface area contributed by atoms with E-state index in [-0.39, 0.29) is 30.4 Å². The summed E-state index contributed by atoms with van der Waals surface area (Å²) >= 11 is 0. The second-order valence-electron chi connectivity index (χ2n) is 6.16. The summed E-state index contributed by atoms with van der Waals surface area (Å²) in [5.41, 5.74) is 1.48. The molecule has 0 heterocycles. The minimum absolute atomic E-state index is 0.0108. The van der Waals surface area contributed by atoms with Crippen molar-refractivity contribution in [1.82, 2.24) is 10.6 Å². The number of amides is 2. The quantitative estimate of drug-likeness (QED) is 0.670. The van der Waals surface area contributed by atoms with Crippen LogP contribution in [0.1, 0.15) is 42.6 Å². The van der Waals surface area contributed by atoms with Gasteiger partial charge in [0.05, 0.1) is 0 Å². The first kappa shape index (κ1) is 17.2. The Morgan fingerprint density at radius 1 is 1.26 bits per heavy atom. The van der Waals surface area contributed by atoms with Crippen molar-refractivity contribution in [3.8, 4) is 0 Å². The van der Waals surface area contributed by atoms with Crippen molar-refractivity contribution in [1.29, 1.82) is 0 Å². The van der Waals surface area contributed by atoms with E-state index in [1.54, 1.807) is 18.2 Å². The van der Waals surface area contributed by atoms with Gasteiger partial charge in [0.1, 0.15) is 0 Å². The summed E-state index contributed by atoms with van der Waals surface area (Å²) in [6.45, 7) is 3.77. The Bertz CT molecular complexity index is 576. The van der Waals surface area contributed by atoms with E-state index in [1.165, 1.54) is 6.08 Å². The zero-order valence-electron chi connectivity index (χ0n) is 13.6. The van der Waals surface area contributed by atoms with Gasteiger partial charge in [0, 0.05) is 30.3 Å². The molecule has 2 atom stereocenters. The van der Waals surface area contributed by atoms with Gasteiger partial charge in [0.2, 0.25) is 5.91 Å². The van der Waals surface area contributed by atoms with E-state index >= 15 is 0 Å². The molecule has 0 saturated heterocycles. The first-order valence-electron chi connectivity index (χ1n) is 8.00. The maximum Gasteiger partial charge on any atom is 0.251 e. The molecule has 1 aromatic carbocycles. The molecule has 0 aliphatic heterocycles. The number of nitrogens with one attached hydrogen (secondary N) is 2. The molecule has 0 spiro atoms.